The van der Waals surface area contributed by atoms with Gasteiger partial charge in [-0.25, -0.2) is 4.98 Å². The summed E-state index contributed by atoms with van der Waals surface area (Å²) in [5.74, 6) is 1.17. The average molecular weight is 422 g/mol. The molecule has 1 saturated carbocycles. The topological polar surface area (TPSA) is 64.0 Å². The van der Waals surface area contributed by atoms with Gasteiger partial charge in [0.2, 0.25) is 5.91 Å². The second kappa shape index (κ2) is 8.57. The smallest absolute Gasteiger partial charge is 0.263 e. The molecular weight excluding hydrogens is 390 g/mol. The molecule has 154 valence electrons. The van der Waals surface area contributed by atoms with Gasteiger partial charge < -0.3 is 5.32 Å². The van der Waals surface area contributed by atoms with Gasteiger partial charge in [0.1, 0.15) is 4.83 Å². The Morgan fingerprint density at radius 1 is 1.36 bits per heavy atom. The normalized spacial score (nSPS) is 23.7. The molecule has 2 aromatic rings. The van der Waals surface area contributed by atoms with Gasteiger partial charge in [-0.3, -0.25) is 14.2 Å². The zero-order valence-corrected chi connectivity index (χ0v) is 19.3. The number of fused-ring (bicyclic) bond motifs is 1. The van der Waals surface area contributed by atoms with Gasteiger partial charge in [-0.1, -0.05) is 38.5 Å². The van der Waals surface area contributed by atoms with Crippen molar-refractivity contribution < 1.29 is 4.79 Å². The molecule has 0 aromatic carbocycles. The van der Waals surface area contributed by atoms with Gasteiger partial charge >= 0.3 is 0 Å². The first-order valence-electron chi connectivity index (χ1n) is 10.2. The van der Waals surface area contributed by atoms with Crippen LogP contribution in [0.2, 0.25) is 0 Å². The van der Waals surface area contributed by atoms with Crippen molar-refractivity contribution in [1.29, 1.82) is 0 Å². The highest BCUT2D eigenvalue weighted by atomic mass is 32.2. The fourth-order valence-electron chi connectivity index (χ4n) is 3.97. The average Bonchev–Trinajstić information content (AvgIpc) is 2.93. The first kappa shape index (κ1) is 21.4. The Morgan fingerprint density at radius 2 is 2.07 bits per heavy atom. The van der Waals surface area contributed by atoms with E-state index in [2.05, 4.69) is 19.2 Å². The quantitative estimate of drug-likeness (QED) is 0.570. The lowest BCUT2D eigenvalue weighted by Gasteiger charge is -2.35. The van der Waals surface area contributed by atoms with E-state index < -0.39 is 0 Å². The van der Waals surface area contributed by atoms with E-state index in [9.17, 15) is 9.59 Å². The molecule has 7 heteroatoms. The molecule has 0 radical (unpaired) electrons. The van der Waals surface area contributed by atoms with E-state index >= 15 is 0 Å². The third-order valence-corrected chi connectivity index (χ3v) is 8.45. The number of carbonyl (C=O) groups is 1. The molecule has 0 aliphatic heterocycles. The molecule has 1 aliphatic rings. The number of aromatic nitrogens is 2. The van der Waals surface area contributed by atoms with Crippen molar-refractivity contribution in [2.45, 2.75) is 83.8 Å². The Kier molecular flexibility index (Phi) is 6.54. The number of aryl methyl sites for hydroxylation is 2. The van der Waals surface area contributed by atoms with E-state index in [1.165, 1.54) is 24.6 Å². The third kappa shape index (κ3) is 4.01. The highest BCUT2D eigenvalue weighted by Crippen LogP contribution is 2.31. The van der Waals surface area contributed by atoms with Crippen molar-refractivity contribution in [2.24, 2.45) is 11.8 Å². The molecule has 28 heavy (non-hydrogen) atoms. The minimum atomic E-state index is -0.297. The van der Waals surface area contributed by atoms with Crippen molar-refractivity contribution in [3.63, 3.8) is 0 Å². The summed E-state index contributed by atoms with van der Waals surface area (Å²) in [6.45, 7) is 12.9. The molecule has 0 spiro atoms. The van der Waals surface area contributed by atoms with Gasteiger partial charge in [-0.2, -0.15) is 0 Å². The van der Waals surface area contributed by atoms with Gasteiger partial charge in [0.15, 0.2) is 5.16 Å². The molecule has 0 bridgehead atoms. The minimum absolute atomic E-state index is 0.000754. The van der Waals surface area contributed by atoms with Crippen LogP contribution in [-0.4, -0.2) is 26.8 Å². The van der Waals surface area contributed by atoms with Gasteiger partial charge in [0.05, 0.1) is 10.6 Å². The van der Waals surface area contributed by atoms with Crippen LogP contribution in [-0.2, 0) is 11.3 Å². The van der Waals surface area contributed by atoms with Crippen molar-refractivity contribution in [1.82, 2.24) is 14.9 Å². The van der Waals surface area contributed by atoms with Gasteiger partial charge in [-0.05, 0) is 51.5 Å². The minimum Gasteiger partial charge on any atom is -0.352 e. The van der Waals surface area contributed by atoms with E-state index in [1.807, 2.05) is 27.7 Å². The lowest BCUT2D eigenvalue weighted by molar-refractivity contribution is -0.121. The van der Waals surface area contributed by atoms with E-state index in [-0.39, 0.29) is 22.8 Å². The summed E-state index contributed by atoms with van der Waals surface area (Å²) in [6.07, 6.45) is 3.46. The molecule has 0 unspecified atom stereocenters. The molecule has 1 aliphatic carbocycles. The lowest BCUT2D eigenvalue weighted by atomic mass is 9.78. The van der Waals surface area contributed by atoms with Crippen molar-refractivity contribution in [3.05, 3.63) is 20.8 Å². The van der Waals surface area contributed by atoms with Crippen molar-refractivity contribution >= 4 is 39.2 Å². The molecule has 1 fully saturated rings. The predicted molar refractivity (Wildman–Crippen MR) is 118 cm³/mol. The molecule has 2 heterocycles. The highest BCUT2D eigenvalue weighted by Gasteiger charge is 2.30. The Bertz CT molecular complexity index is 934. The zero-order chi connectivity index (χ0) is 20.6. The number of amides is 1. The maximum Gasteiger partial charge on any atom is 0.263 e. The van der Waals surface area contributed by atoms with Crippen LogP contribution in [0.25, 0.3) is 10.2 Å². The summed E-state index contributed by atoms with van der Waals surface area (Å²) < 4.78 is 1.70. The summed E-state index contributed by atoms with van der Waals surface area (Å²) in [7, 11) is 0. The van der Waals surface area contributed by atoms with E-state index in [0.29, 0.717) is 23.5 Å². The van der Waals surface area contributed by atoms with E-state index in [4.69, 9.17) is 4.98 Å². The molecule has 2 aromatic heterocycles. The highest BCUT2D eigenvalue weighted by molar-refractivity contribution is 8.00. The van der Waals surface area contributed by atoms with Crippen molar-refractivity contribution in [2.75, 3.05) is 0 Å². The lowest BCUT2D eigenvalue weighted by Crippen LogP contribution is -2.46. The number of thioether (sulfide) groups is 1. The third-order valence-electron chi connectivity index (χ3n) is 6.26. The SMILES string of the molecule is CCn1c(S[C@@H](C)C(=O)N[C@H]2CCC[C@H](C)[C@@H]2C)nc2sc(C)c(C)c2c1=O. The second-order valence-corrected chi connectivity index (χ2v) is 10.6. The molecule has 4 atom stereocenters. The number of nitrogens with zero attached hydrogens (tertiary/aromatic N) is 2. The summed E-state index contributed by atoms with van der Waals surface area (Å²) in [5.41, 5.74) is 1.02. The van der Waals surface area contributed by atoms with E-state index in [0.717, 1.165) is 27.1 Å². The number of thiophene rings is 1. The van der Waals surface area contributed by atoms with Crippen LogP contribution in [0.5, 0.6) is 0 Å². The second-order valence-electron chi connectivity index (χ2n) is 8.05. The van der Waals surface area contributed by atoms with Crippen LogP contribution in [0.4, 0.5) is 0 Å². The molecular formula is C21H31N3O2S2. The monoisotopic (exact) mass is 421 g/mol. The van der Waals surface area contributed by atoms with Crippen LogP contribution in [0.3, 0.4) is 0 Å². The molecule has 1 N–H and O–H groups in total. The Hall–Kier alpha value is -1.34. The van der Waals surface area contributed by atoms with Crippen LogP contribution >= 0.6 is 23.1 Å². The van der Waals surface area contributed by atoms with Gasteiger partial charge in [0.25, 0.3) is 5.56 Å². The zero-order valence-electron chi connectivity index (χ0n) is 17.7. The molecule has 5 nitrogen and oxygen atoms in total. The van der Waals surface area contributed by atoms with Crippen LogP contribution in [0.15, 0.2) is 9.95 Å². The fourth-order valence-corrected chi connectivity index (χ4v) is 6.03. The summed E-state index contributed by atoms with van der Waals surface area (Å²) >= 11 is 2.94. The standard InChI is InChI=1S/C21H31N3O2S2/c1-7-24-20(26)17-13(4)14(5)27-19(17)23-21(24)28-15(6)18(25)22-16-10-8-9-11(2)12(16)3/h11-12,15-16H,7-10H2,1-6H3,(H,22,25)/t11-,12-,15-,16-/m0/s1. The maximum atomic E-state index is 13.0. The maximum absolute atomic E-state index is 13.0. The number of rotatable bonds is 5. The van der Waals surface area contributed by atoms with Crippen LogP contribution < -0.4 is 10.9 Å². The number of carbonyl (C=O) groups excluding carboxylic acids is 1. The molecule has 3 rings (SSSR count). The summed E-state index contributed by atoms with van der Waals surface area (Å²) in [6, 6.07) is 0.241. The van der Waals surface area contributed by atoms with Crippen LogP contribution in [0.1, 0.15) is 57.4 Å². The number of hydrogen-bond donors (Lipinski definition) is 1. The van der Waals surface area contributed by atoms with Gasteiger partial charge in [-0.15, -0.1) is 11.3 Å². The Labute approximate surface area is 175 Å². The van der Waals surface area contributed by atoms with Crippen LogP contribution in [0, 0.1) is 25.7 Å². The molecule has 1 amide bonds. The first-order valence-corrected chi connectivity index (χ1v) is 11.9. The van der Waals surface area contributed by atoms with E-state index in [1.54, 1.807) is 15.9 Å². The molecule has 0 saturated heterocycles. The summed E-state index contributed by atoms with van der Waals surface area (Å²) in [5, 5.41) is 4.30. The van der Waals surface area contributed by atoms with Gasteiger partial charge in [0, 0.05) is 17.5 Å². The Balaban J connectivity index is 1.81. The number of nitrogens with one attached hydrogen (secondary N) is 1. The fraction of sp³-hybridized carbons (Fsp3) is 0.667. The first-order chi connectivity index (χ1) is 13.2. The predicted octanol–water partition coefficient (Wildman–Crippen LogP) is 4.52. The van der Waals surface area contributed by atoms with Crippen molar-refractivity contribution in [3.8, 4) is 0 Å². The summed E-state index contributed by atoms with van der Waals surface area (Å²) in [4.78, 5) is 32.5. The number of hydrogen-bond acceptors (Lipinski definition) is 5. The Morgan fingerprint density at radius 3 is 2.75 bits per heavy atom. The largest absolute Gasteiger partial charge is 0.352 e.